The van der Waals surface area contributed by atoms with Gasteiger partial charge in [-0.25, -0.2) is 9.67 Å². The van der Waals surface area contributed by atoms with Crippen LogP contribution in [0.5, 0.6) is 0 Å². The first-order chi connectivity index (χ1) is 17.0. The highest BCUT2D eigenvalue weighted by Crippen LogP contribution is 2.26. The molecular formula is C24H24N10O. The molecule has 11 heteroatoms. The smallest absolute Gasteiger partial charge is 0.245 e. The minimum absolute atomic E-state index is 0.0140. The van der Waals surface area contributed by atoms with Crippen LogP contribution in [0.25, 0.3) is 22.3 Å². The molecule has 0 fully saturated rings. The lowest BCUT2D eigenvalue weighted by Crippen LogP contribution is -2.20. The number of hydrogen-bond acceptors (Lipinski definition) is 8. The maximum atomic E-state index is 12.7. The summed E-state index contributed by atoms with van der Waals surface area (Å²) in [5.41, 5.74) is 10.7. The minimum Gasteiger partial charge on any atom is -0.368 e. The van der Waals surface area contributed by atoms with Crippen molar-refractivity contribution >= 4 is 40.3 Å². The second kappa shape index (κ2) is 9.21. The minimum atomic E-state index is -0.225. The first kappa shape index (κ1) is 22.0. The third kappa shape index (κ3) is 4.64. The van der Waals surface area contributed by atoms with E-state index >= 15 is 0 Å². The molecule has 0 spiro atoms. The van der Waals surface area contributed by atoms with Gasteiger partial charge in [0.1, 0.15) is 12.4 Å². The zero-order valence-corrected chi connectivity index (χ0v) is 19.3. The van der Waals surface area contributed by atoms with Crippen LogP contribution in [0.1, 0.15) is 12.6 Å². The topological polar surface area (TPSA) is 141 Å². The Morgan fingerprint density at radius 1 is 1.11 bits per heavy atom. The number of carbonyl (C=O) groups is 1. The van der Waals surface area contributed by atoms with E-state index in [1.807, 2.05) is 62.5 Å². The van der Waals surface area contributed by atoms with Crippen molar-refractivity contribution < 1.29 is 4.79 Å². The Balaban J connectivity index is 1.36. The molecule has 0 atom stereocenters. The molecule has 4 N–H and O–H groups in total. The summed E-state index contributed by atoms with van der Waals surface area (Å²) in [6.07, 6.45) is 5.11. The highest BCUT2D eigenvalue weighted by Gasteiger charge is 2.16. The molecule has 4 aromatic heterocycles. The summed E-state index contributed by atoms with van der Waals surface area (Å²) in [7, 11) is 0. The summed E-state index contributed by atoms with van der Waals surface area (Å²) in [4.78, 5) is 29.9. The van der Waals surface area contributed by atoms with Crippen LogP contribution in [0.15, 0.2) is 61.2 Å². The fraction of sp³-hybridized carbons (Fsp3) is 0.167. The van der Waals surface area contributed by atoms with E-state index in [-0.39, 0.29) is 18.4 Å². The molecule has 35 heavy (non-hydrogen) atoms. The van der Waals surface area contributed by atoms with E-state index in [9.17, 15) is 4.79 Å². The van der Waals surface area contributed by atoms with E-state index in [2.05, 4.69) is 35.7 Å². The zero-order valence-electron chi connectivity index (χ0n) is 19.3. The molecule has 0 radical (unpaired) electrons. The Morgan fingerprint density at radius 2 is 1.94 bits per heavy atom. The maximum Gasteiger partial charge on any atom is 0.245 e. The first-order valence-electron chi connectivity index (χ1n) is 11.1. The van der Waals surface area contributed by atoms with Crippen LogP contribution in [0.2, 0.25) is 0 Å². The largest absolute Gasteiger partial charge is 0.368 e. The average Bonchev–Trinajstić information content (AvgIpc) is 3.42. The number of nitrogen functional groups attached to an aromatic ring is 1. The second-order valence-electron chi connectivity index (χ2n) is 7.95. The number of carbonyl (C=O) groups excluding carboxylic acids is 1. The first-order valence-corrected chi connectivity index (χ1v) is 11.1. The van der Waals surface area contributed by atoms with Gasteiger partial charge in [0.15, 0.2) is 17.0 Å². The van der Waals surface area contributed by atoms with Crippen LogP contribution < -0.4 is 16.4 Å². The monoisotopic (exact) mass is 468 g/mol. The van der Waals surface area contributed by atoms with Crippen molar-refractivity contribution in [3.05, 3.63) is 66.9 Å². The van der Waals surface area contributed by atoms with Crippen LogP contribution in [0.4, 0.5) is 23.3 Å². The number of aryl methyl sites for hydroxylation is 2. The van der Waals surface area contributed by atoms with Crippen molar-refractivity contribution in [3.63, 3.8) is 0 Å². The lowest BCUT2D eigenvalue weighted by atomic mass is 10.1. The van der Waals surface area contributed by atoms with Gasteiger partial charge in [-0.3, -0.25) is 9.78 Å². The molecule has 11 nitrogen and oxygen atoms in total. The van der Waals surface area contributed by atoms with Crippen LogP contribution in [0, 0.1) is 6.92 Å². The lowest BCUT2D eigenvalue weighted by molar-refractivity contribution is -0.116. The predicted molar refractivity (Wildman–Crippen MR) is 134 cm³/mol. The van der Waals surface area contributed by atoms with E-state index in [0.717, 1.165) is 22.5 Å². The summed E-state index contributed by atoms with van der Waals surface area (Å²) in [6, 6.07) is 13.6. The highest BCUT2D eigenvalue weighted by atomic mass is 16.2. The Labute approximate surface area is 201 Å². The van der Waals surface area contributed by atoms with Gasteiger partial charge in [-0.05, 0) is 43.2 Å². The molecule has 0 saturated carbocycles. The summed E-state index contributed by atoms with van der Waals surface area (Å²) < 4.78 is 3.37. The van der Waals surface area contributed by atoms with Gasteiger partial charge >= 0.3 is 0 Å². The Kier molecular flexibility index (Phi) is 5.80. The Hall–Kier alpha value is -4.80. The molecular weight excluding hydrogens is 444 g/mol. The fourth-order valence-corrected chi connectivity index (χ4v) is 3.80. The number of amides is 1. The van der Waals surface area contributed by atoms with Gasteiger partial charge in [0.05, 0.1) is 12.0 Å². The van der Waals surface area contributed by atoms with Crippen molar-refractivity contribution in [1.82, 2.24) is 34.3 Å². The Bertz CT molecular complexity index is 1490. The highest BCUT2D eigenvalue weighted by molar-refractivity contribution is 5.92. The van der Waals surface area contributed by atoms with Gasteiger partial charge in [0.25, 0.3) is 0 Å². The van der Waals surface area contributed by atoms with Gasteiger partial charge in [-0.2, -0.15) is 15.1 Å². The molecule has 0 aliphatic carbocycles. The summed E-state index contributed by atoms with van der Waals surface area (Å²) in [5.74, 6) is 0.955. The number of nitrogens with zero attached hydrogens (tertiary/aromatic N) is 7. The van der Waals surface area contributed by atoms with Crippen LogP contribution in [-0.4, -0.2) is 40.2 Å². The number of imidazole rings is 1. The van der Waals surface area contributed by atoms with Crippen molar-refractivity contribution in [2.24, 2.45) is 0 Å². The van der Waals surface area contributed by atoms with E-state index in [0.29, 0.717) is 29.3 Å². The average molecular weight is 469 g/mol. The van der Waals surface area contributed by atoms with E-state index in [1.165, 1.54) is 0 Å². The molecule has 0 saturated heterocycles. The van der Waals surface area contributed by atoms with Gasteiger partial charge in [-0.1, -0.05) is 18.2 Å². The van der Waals surface area contributed by atoms with Crippen molar-refractivity contribution in [2.45, 2.75) is 26.9 Å². The van der Waals surface area contributed by atoms with Gasteiger partial charge in [-0.15, -0.1) is 0 Å². The number of nitrogens with one attached hydrogen (secondary N) is 2. The standard InChI is InChI=1S/C24H24N10O/c1-3-34-19(11-15(2)32-34)29-20(35)13-33-14-27-21-22(30-24(25)31-23(21)33)28-18-8-6-16(7-9-18)17-5-4-10-26-12-17/h4-12,14H,3,13H2,1-2H3,(H,29,35)(H3,25,28,30,31). The molecule has 5 aromatic rings. The number of rotatable bonds is 7. The molecule has 0 aliphatic heterocycles. The number of nitrogens with two attached hydrogens (primary N) is 1. The SMILES string of the molecule is CCn1nc(C)cc1NC(=O)Cn1cnc2c(Nc3ccc(-c4cccnc4)cc3)nc(N)nc21. The zero-order chi connectivity index (χ0) is 24.4. The van der Waals surface area contributed by atoms with Crippen LogP contribution in [-0.2, 0) is 17.9 Å². The van der Waals surface area contributed by atoms with Crippen molar-refractivity contribution in [3.8, 4) is 11.1 Å². The molecule has 0 bridgehead atoms. The third-order valence-corrected chi connectivity index (χ3v) is 5.41. The molecule has 1 aromatic carbocycles. The molecule has 176 valence electrons. The number of anilines is 4. The number of hydrogen-bond donors (Lipinski definition) is 3. The molecule has 0 aliphatic rings. The number of pyridine rings is 1. The lowest BCUT2D eigenvalue weighted by Gasteiger charge is -2.10. The van der Waals surface area contributed by atoms with Crippen LogP contribution in [0.3, 0.4) is 0 Å². The van der Waals surface area contributed by atoms with Crippen molar-refractivity contribution in [1.29, 1.82) is 0 Å². The quantitative estimate of drug-likeness (QED) is 0.330. The summed E-state index contributed by atoms with van der Waals surface area (Å²) in [5, 5.41) is 10.5. The maximum absolute atomic E-state index is 12.7. The molecule has 5 rings (SSSR count). The van der Waals surface area contributed by atoms with Gasteiger partial charge in [0.2, 0.25) is 11.9 Å². The predicted octanol–water partition coefficient (Wildman–Crippen LogP) is 3.38. The fourth-order valence-electron chi connectivity index (χ4n) is 3.80. The van der Waals surface area contributed by atoms with Gasteiger partial charge < -0.3 is 20.9 Å². The number of benzene rings is 1. The normalized spacial score (nSPS) is 11.0. The van der Waals surface area contributed by atoms with E-state index < -0.39 is 0 Å². The van der Waals surface area contributed by atoms with Crippen molar-refractivity contribution in [2.75, 3.05) is 16.4 Å². The second-order valence-corrected chi connectivity index (χ2v) is 7.95. The van der Waals surface area contributed by atoms with Gasteiger partial charge in [0, 0.05) is 30.7 Å². The van der Waals surface area contributed by atoms with Crippen LogP contribution >= 0.6 is 0 Å². The summed E-state index contributed by atoms with van der Waals surface area (Å²) >= 11 is 0. The third-order valence-electron chi connectivity index (χ3n) is 5.41. The summed E-state index contributed by atoms with van der Waals surface area (Å²) in [6.45, 7) is 4.51. The van der Waals surface area contributed by atoms with E-state index in [1.54, 1.807) is 21.8 Å². The molecule has 4 heterocycles. The number of fused-ring (bicyclic) bond motifs is 1. The molecule has 0 unspecified atom stereocenters. The number of aromatic nitrogens is 7. The molecule has 1 amide bonds. The van der Waals surface area contributed by atoms with E-state index in [4.69, 9.17) is 5.73 Å². The Morgan fingerprint density at radius 3 is 2.69 bits per heavy atom.